The van der Waals surface area contributed by atoms with Crippen molar-refractivity contribution in [3.63, 3.8) is 0 Å². The maximum absolute atomic E-state index is 4.62. The Morgan fingerprint density at radius 1 is 1.44 bits per heavy atom. The van der Waals surface area contributed by atoms with E-state index in [1.54, 1.807) is 6.20 Å². The summed E-state index contributed by atoms with van der Waals surface area (Å²) in [7, 11) is 2.08. The molecule has 0 heterocycles. The lowest BCUT2D eigenvalue weighted by Crippen LogP contribution is -2.16. The van der Waals surface area contributed by atoms with Gasteiger partial charge >= 0.3 is 0 Å². The SMILES string of the molecule is Bc1cccc(N(C=C)/N=C(\C)CC(C)(C)C)c1. The second-order valence-electron chi connectivity index (χ2n) is 5.94. The van der Waals surface area contributed by atoms with E-state index in [4.69, 9.17) is 0 Å². The molecular weight excluding hydrogens is 219 g/mol. The predicted molar refractivity (Wildman–Crippen MR) is 84.5 cm³/mol. The van der Waals surface area contributed by atoms with Crippen LogP contribution in [0.4, 0.5) is 5.69 Å². The molecule has 0 aliphatic heterocycles. The molecule has 0 N–H and O–H groups in total. The average Bonchev–Trinajstić information content (AvgIpc) is 2.23. The van der Waals surface area contributed by atoms with Crippen LogP contribution >= 0.6 is 0 Å². The van der Waals surface area contributed by atoms with Gasteiger partial charge < -0.3 is 0 Å². The number of rotatable bonds is 4. The Balaban J connectivity index is 2.91. The lowest BCUT2D eigenvalue weighted by Gasteiger charge is -2.20. The smallest absolute Gasteiger partial charge is 0.139 e. The van der Waals surface area contributed by atoms with Crippen molar-refractivity contribution in [1.29, 1.82) is 0 Å². The topological polar surface area (TPSA) is 15.6 Å². The van der Waals surface area contributed by atoms with Gasteiger partial charge in [0.25, 0.3) is 0 Å². The molecule has 0 radical (unpaired) electrons. The fourth-order valence-electron chi connectivity index (χ4n) is 1.96. The molecule has 0 saturated carbocycles. The highest BCUT2D eigenvalue weighted by atomic mass is 15.4. The van der Waals surface area contributed by atoms with Crippen LogP contribution < -0.4 is 10.5 Å². The monoisotopic (exact) mass is 242 g/mol. The van der Waals surface area contributed by atoms with Crippen LogP contribution in [0, 0.1) is 5.41 Å². The van der Waals surface area contributed by atoms with Gasteiger partial charge in [0.15, 0.2) is 0 Å². The highest BCUT2D eigenvalue weighted by Crippen LogP contribution is 2.20. The average molecular weight is 242 g/mol. The molecule has 0 aliphatic rings. The van der Waals surface area contributed by atoms with Gasteiger partial charge in [-0.1, -0.05) is 44.9 Å². The first-order valence-corrected chi connectivity index (χ1v) is 6.34. The van der Waals surface area contributed by atoms with Crippen LogP contribution in [0.3, 0.4) is 0 Å². The third-order valence-corrected chi connectivity index (χ3v) is 2.50. The van der Waals surface area contributed by atoms with Gasteiger partial charge in [-0.25, -0.2) is 5.01 Å². The van der Waals surface area contributed by atoms with Crippen molar-refractivity contribution in [2.45, 2.75) is 34.1 Å². The fraction of sp³-hybridized carbons (Fsp3) is 0.400. The van der Waals surface area contributed by atoms with E-state index in [2.05, 4.69) is 59.4 Å². The summed E-state index contributed by atoms with van der Waals surface area (Å²) in [5, 5.41) is 6.46. The Hall–Kier alpha value is -1.51. The van der Waals surface area contributed by atoms with Crippen LogP contribution in [-0.2, 0) is 0 Å². The maximum Gasteiger partial charge on any atom is 0.139 e. The standard InChI is InChI=1S/C15H23BN2/c1-6-18(14-9-7-8-13(16)10-14)17-12(2)11-15(3,4)5/h6-10H,1,11,16H2,2-5H3/b17-12+. The summed E-state index contributed by atoms with van der Waals surface area (Å²) in [6.45, 7) is 12.6. The molecule has 0 atom stereocenters. The fourth-order valence-corrected chi connectivity index (χ4v) is 1.96. The largest absolute Gasteiger partial charge is 0.242 e. The first kappa shape index (κ1) is 14.6. The van der Waals surface area contributed by atoms with Crippen molar-refractivity contribution in [3.8, 4) is 0 Å². The van der Waals surface area contributed by atoms with Crippen LogP contribution in [-0.4, -0.2) is 13.6 Å². The summed E-state index contributed by atoms with van der Waals surface area (Å²) in [5.41, 5.74) is 3.65. The van der Waals surface area contributed by atoms with E-state index in [-0.39, 0.29) is 5.41 Å². The first-order valence-electron chi connectivity index (χ1n) is 6.34. The molecule has 2 nitrogen and oxygen atoms in total. The van der Waals surface area contributed by atoms with Crippen LogP contribution in [0.2, 0.25) is 0 Å². The summed E-state index contributed by atoms with van der Waals surface area (Å²) in [6.07, 6.45) is 2.73. The van der Waals surface area contributed by atoms with E-state index < -0.39 is 0 Å². The molecule has 0 aromatic heterocycles. The van der Waals surface area contributed by atoms with E-state index in [1.165, 1.54) is 5.46 Å². The third kappa shape index (κ3) is 4.78. The molecule has 96 valence electrons. The highest BCUT2D eigenvalue weighted by molar-refractivity contribution is 6.32. The van der Waals surface area contributed by atoms with Crippen molar-refractivity contribution >= 4 is 24.7 Å². The Labute approximate surface area is 112 Å². The molecular formula is C15H23BN2. The number of hydrogen-bond donors (Lipinski definition) is 0. The Morgan fingerprint density at radius 2 is 2.11 bits per heavy atom. The number of anilines is 1. The zero-order valence-corrected chi connectivity index (χ0v) is 12.2. The summed E-state index contributed by atoms with van der Waals surface area (Å²) in [4.78, 5) is 0. The normalized spacial score (nSPS) is 12.3. The van der Waals surface area contributed by atoms with Crippen LogP contribution in [0.1, 0.15) is 34.1 Å². The second kappa shape index (κ2) is 5.90. The van der Waals surface area contributed by atoms with E-state index in [0.29, 0.717) is 0 Å². The molecule has 1 aromatic rings. The lowest BCUT2D eigenvalue weighted by atomic mass is 9.90. The Morgan fingerprint density at radius 3 is 2.61 bits per heavy atom. The van der Waals surface area contributed by atoms with E-state index in [0.717, 1.165) is 17.8 Å². The van der Waals surface area contributed by atoms with Gasteiger partial charge in [0.1, 0.15) is 7.85 Å². The van der Waals surface area contributed by atoms with E-state index >= 15 is 0 Å². The van der Waals surface area contributed by atoms with Gasteiger partial charge in [-0.15, -0.1) is 0 Å². The first-order chi connectivity index (χ1) is 8.31. The Kier molecular flexibility index (Phi) is 4.77. The molecule has 0 saturated heterocycles. The molecule has 18 heavy (non-hydrogen) atoms. The van der Waals surface area contributed by atoms with Crippen LogP contribution in [0.5, 0.6) is 0 Å². The van der Waals surface area contributed by atoms with Gasteiger partial charge in [-0.3, -0.25) is 0 Å². The van der Waals surface area contributed by atoms with Crippen molar-refractivity contribution in [3.05, 3.63) is 37.0 Å². The molecule has 0 fully saturated rings. The molecule has 3 heteroatoms. The third-order valence-electron chi connectivity index (χ3n) is 2.50. The summed E-state index contributed by atoms with van der Waals surface area (Å²) in [6, 6.07) is 8.27. The molecule has 0 aliphatic carbocycles. The van der Waals surface area contributed by atoms with Crippen molar-refractivity contribution in [2.24, 2.45) is 10.5 Å². The van der Waals surface area contributed by atoms with E-state index in [1.807, 2.05) is 17.1 Å². The minimum absolute atomic E-state index is 0.257. The zero-order chi connectivity index (χ0) is 13.8. The minimum atomic E-state index is 0.257. The molecule has 0 spiro atoms. The lowest BCUT2D eigenvalue weighted by molar-refractivity contribution is 0.433. The van der Waals surface area contributed by atoms with Crippen molar-refractivity contribution in [2.75, 3.05) is 5.01 Å². The second-order valence-corrected chi connectivity index (χ2v) is 5.94. The molecule has 1 rings (SSSR count). The van der Waals surface area contributed by atoms with Gasteiger partial charge in [0, 0.05) is 11.9 Å². The van der Waals surface area contributed by atoms with Crippen molar-refractivity contribution < 1.29 is 0 Å². The van der Waals surface area contributed by atoms with Gasteiger partial charge in [-0.05, 0) is 30.9 Å². The number of benzene rings is 1. The summed E-state index contributed by atoms with van der Waals surface area (Å²) >= 11 is 0. The summed E-state index contributed by atoms with van der Waals surface area (Å²) < 4.78 is 0. The highest BCUT2D eigenvalue weighted by Gasteiger charge is 2.12. The zero-order valence-electron chi connectivity index (χ0n) is 12.2. The quantitative estimate of drug-likeness (QED) is 0.450. The summed E-state index contributed by atoms with van der Waals surface area (Å²) in [5.74, 6) is 0. The number of hydrazone groups is 1. The Bertz CT molecular complexity index is 444. The van der Waals surface area contributed by atoms with Crippen LogP contribution in [0.25, 0.3) is 0 Å². The molecule has 1 aromatic carbocycles. The van der Waals surface area contributed by atoms with E-state index in [9.17, 15) is 0 Å². The van der Waals surface area contributed by atoms with Gasteiger partial charge in [0.05, 0.1) is 5.69 Å². The number of hydrogen-bond acceptors (Lipinski definition) is 2. The number of nitrogens with zero attached hydrogens (tertiary/aromatic N) is 2. The van der Waals surface area contributed by atoms with Gasteiger partial charge in [0.2, 0.25) is 0 Å². The van der Waals surface area contributed by atoms with Crippen LogP contribution in [0.15, 0.2) is 42.1 Å². The minimum Gasteiger partial charge on any atom is -0.242 e. The molecule has 0 unspecified atom stereocenters. The van der Waals surface area contributed by atoms with Gasteiger partial charge in [-0.2, -0.15) is 5.10 Å². The maximum atomic E-state index is 4.62. The molecule has 0 amide bonds. The predicted octanol–water partition coefficient (Wildman–Crippen LogP) is 2.71. The molecule has 0 bridgehead atoms. The van der Waals surface area contributed by atoms with Crippen molar-refractivity contribution in [1.82, 2.24) is 0 Å².